The number of carbonyl (C=O) groups is 1. The second kappa shape index (κ2) is 4.86. The fraction of sp³-hybridized carbons (Fsp3) is 0.500. The first kappa shape index (κ1) is 13.1. The molecule has 108 valence electrons. The number of likely N-dealkylation sites (N-methyl/N-ethyl adjacent to an activating group) is 1. The average Bonchev–Trinajstić information content (AvgIpc) is 2.87. The maximum Gasteiger partial charge on any atom is 0.231 e. The van der Waals surface area contributed by atoms with Crippen LogP contribution in [0.2, 0.25) is 0 Å². The van der Waals surface area contributed by atoms with E-state index in [4.69, 9.17) is 14.2 Å². The number of methoxy groups -OCH3 is 1. The Morgan fingerprint density at radius 1 is 1.55 bits per heavy atom. The molecular formula is C14H17NO5. The molecule has 0 saturated carbocycles. The van der Waals surface area contributed by atoms with Crippen LogP contribution >= 0.6 is 0 Å². The summed E-state index contributed by atoms with van der Waals surface area (Å²) in [4.78, 5) is 12.2. The zero-order valence-electron chi connectivity index (χ0n) is 11.5. The van der Waals surface area contributed by atoms with E-state index >= 15 is 0 Å². The first-order valence-electron chi connectivity index (χ1n) is 6.63. The van der Waals surface area contributed by atoms with Crippen LogP contribution < -0.4 is 24.2 Å². The molecule has 0 amide bonds. The Bertz CT molecular complexity index is 557. The van der Waals surface area contributed by atoms with Gasteiger partial charge in [0.15, 0.2) is 11.5 Å². The molecule has 1 N–H and O–H groups in total. The van der Waals surface area contributed by atoms with Crippen LogP contribution in [0.5, 0.6) is 17.2 Å². The van der Waals surface area contributed by atoms with Crippen LogP contribution in [0.1, 0.15) is 23.6 Å². The fourth-order valence-corrected chi connectivity index (χ4v) is 3.06. The number of rotatable bonds is 3. The standard InChI is InChI=1S/C14H17NO5/c1-15-4-3-8-5-10-13(20-7-19-10)14(18-2)12(8)9(15)6-11(16)17/h5,9H,3-4,6-7H2,1-2H3,(H,16,17)/t9-/m0/s1. The highest BCUT2D eigenvalue weighted by Gasteiger charge is 2.36. The highest BCUT2D eigenvalue weighted by Crippen LogP contribution is 2.47. The highest BCUT2D eigenvalue weighted by atomic mass is 16.7. The molecule has 1 aromatic rings. The van der Waals surface area contributed by atoms with Gasteiger partial charge in [-0.2, -0.15) is 0 Å². The summed E-state index contributed by atoms with van der Waals surface area (Å²) < 4.78 is 16.4. The Hall–Kier alpha value is -1.95. The fourth-order valence-electron chi connectivity index (χ4n) is 3.06. The lowest BCUT2D eigenvalue weighted by Crippen LogP contribution is -3.10. The molecule has 1 unspecified atom stereocenters. The minimum absolute atomic E-state index is 0.0329. The van der Waals surface area contributed by atoms with Gasteiger partial charge in [0.2, 0.25) is 12.5 Å². The quantitative estimate of drug-likeness (QED) is 0.743. The maximum absolute atomic E-state index is 11.0. The van der Waals surface area contributed by atoms with Crippen LogP contribution in [-0.2, 0) is 11.2 Å². The average molecular weight is 279 g/mol. The summed E-state index contributed by atoms with van der Waals surface area (Å²) in [6.45, 7) is 1.04. The lowest BCUT2D eigenvalue weighted by atomic mass is 9.89. The van der Waals surface area contributed by atoms with Crippen molar-refractivity contribution in [2.75, 3.05) is 27.5 Å². The van der Waals surface area contributed by atoms with E-state index in [2.05, 4.69) is 0 Å². The predicted molar refractivity (Wildman–Crippen MR) is 66.9 cm³/mol. The van der Waals surface area contributed by atoms with E-state index in [0.29, 0.717) is 17.2 Å². The van der Waals surface area contributed by atoms with Gasteiger partial charge < -0.3 is 29.0 Å². The van der Waals surface area contributed by atoms with E-state index in [9.17, 15) is 9.90 Å². The number of hydrogen-bond donors (Lipinski definition) is 1. The molecule has 1 aromatic carbocycles. The van der Waals surface area contributed by atoms with Crippen LogP contribution in [0.4, 0.5) is 0 Å². The van der Waals surface area contributed by atoms with Gasteiger partial charge in [0.05, 0.1) is 26.3 Å². The third-order valence-electron chi connectivity index (χ3n) is 4.05. The normalized spacial score (nSPS) is 23.3. The summed E-state index contributed by atoms with van der Waals surface area (Å²) in [5.74, 6) is 0.791. The van der Waals surface area contributed by atoms with Crippen molar-refractivity contribution in [2.24, 2.45) is 0 Å². The summed E-state index contributed by atoms with van der Waals surface area (Å²) in [6, 6.07) is 1.75. The molecule has 0 fully saturated rings. The number of nitrogens with one attached hydrogen (secondary N) is 1. The van der Waals surface area contributed by atoms with Crippen molar-refractivity contribution in [2.45, 2.75) is 18.9 Å². The van der Waals surface area contributed by atoms with Crippen molar-refractivity contribution >= 4 is 5.97 Å². The zero-order valence-corrected chi connectivity index (χ0v) is 11.5. The number of fused-ring (bicyclic) bond motifs is 2. The molecule has 2 heterocycles. The Morgan fingerprint density at radius 2 is 2.35 bits per heavy atom. The lowest BCUT2D eigenvalue weighted by Gasteiger charge is -2.33. The van der Waals surface area contributed by atoms with E-state index in [1.165, 1.54) is 0 Å². The number of aliphatic carboxylic acids is 1. The molecule has 6 nitrogen and oxygen atoms in total. The Labute approximate surface area is 116 Å². The Morgan fingerprint density at radius 3 is 3.05 bits per heavy atom. The van der Waals surface area contributed by atoms with Gasteiger partial charge in [0, 0.05) is 18.8 Å². The van der Waals surface area contributed by atoms with Crippen LogP contribution in [0.25, 0.3) is 0 Å². The monoisotopic (exact) mass is 279 g/mol. The van der Waals surface area contributed by atoms with E-state index in [0.717, 1.165) is 29.0 Å². The molecule has 2 aliphatic heterocycles. The topological polar surface area (TPSA) is 72.3 Å². The molecule has 0 aliphatic carbocycles. The molecule has 2 atom stereocenters. The second-order valence-electron chi connectivity index (χ2n) is 5.19. The minimum atomic E-state index is -1.05. The number of ether oxygens (including phenoxy) is 3. The van der Waals surface area contributed by atoms with Crippen LogP contribution in [0.3, 0.4) is 0 Å². The number of carboxylic acid groups (broad SMARTS) is 1. The summed E-state index contributed by atoms with van der Waals surface area (Å²) >= 11 is 0. The minimum Gasteiger partial charge on any atom is -0.550 e. The SMILES string of the molecule is COc1c2c(cc3c1[C@H](CC(=O)[O-])[NH+](C)CC3)OCO2. The molecule has 2 aliphatic rings. The van der Waals surface area contributed by atoms with Crippen molar-refractivity contribution in [1.29, 1.82) is 0 Å². The smallest absolute Gasteiger partial charge is 0.231 e. The van der Waals surface area contributed by atoms with Crippen molar-refractivity contribution in [3.8, 4) is 17.2 Å². The van der Waals surface area contributed by atoms with Gasteiger partial charge in [0.1, 0.15) is 6.04 Å². The molecule has 0 radical (unpaired) electrons. The lowest BCUT2D eigenvalue weighted by molar-refractivity contribution is -0.914. The Kier molecular flexibility index (Phi) is 3.17. The molecule has 0 aromatic heterocycles. The summed E-state index contributed by atoms with van der Waals surface area (Å²) in [5.41, 5.74) is 1.98. The van der Waals surface area contributed by atoms with E-state index in [1.54, 1.807) is 7.11 Å². The molecule has 6 heteroatoms. The Balaban J connectivity index is 2.14. The van der Waals surface area contributed by atoms with Crippen LogP contribution in [-0.4, -0.2) is 33.5 Å². The predicted octanol–water partition coefficient (Wildman–Crippen LogP) is -1.32. The first-order chi connectivity index (χ1) is 9.61. The van der Waals surface area contributed by atoms with Gasteiger partial charge in [-0.25, -0.2) is 0 Å². The summed E-state index contributed by atoms with van der Waals surface area (Å²) in [5, 5.41) is 11.0. The van der Waals surface area contributed by atoms with E-state index < -0.39 is 5.97 Å². The van der Waals surface area contributed by atoms with Gasteiger partial charge in [-0.1, -0.05) is 0 Å². The van der Waals surface area contributed by atoms with E-state index in [1.807, 2.05) is 13.1 Å². The summed E-state index contributed by atoms with van der Waals surface area (Å²) in [7, 11) is 3.55. The van der Waals surface area contributed by atoms with Crippen molar-refractivity contribution < 1.29 is 29.0 Å². The number of hydrogen-bond acceptors (Lipinski definition) is 5. The number of benzene rings is 1. The third kappa shape index (κ3) is 1.96. The molecule has 20 heavy (non-hydrogen) atoms. The van der Waals surface area contributed by atoms with Crippen molar-refractivity contribution in [1.82, 2.24) is 0 Å². The van der Waals surface area contributed by atoms with Crippen molar-refractivity contribution in [3.63, 3.8) is 0 Å². The van der Waals surface area contributed by atoms with E-state index in [-0.39, 0.29) is 19.3 Å². The van der Waals surface area contributed by atoms with Crippen molar-refractivity contribution in [3.05, 3.63) is 17.2 Å². The summed E-state index contributed by atoms with van der Waals surface area (Å²) in [6.07, 6.45) is 0.826. The van der Waals surface area contributed by atoms with Crippen LogP contribution in [0, 0.1) is 0 Å². The van der Waals surface area contributed by atoms with Gasteiger partial charge in [0.25, 0.3) is 0 Å². The largest absolute Gasteiger partial charge is 0.550 e. The number of carboxylic acids is 1. The van der Waals surface area contributed by atoms with Gasteiger partial charge in [-0.05, 0) is 11.6 Å². The second-order valence-corrected chi connectivity index (χ2v) is 5.19. The highest BCUT2D eigenvalue weighted by molar-refractivity contribution is 5.67. The number of quaternary nitrogens is 1. The zero-order chi connectivity index (χ0) is 14.3. The molecule has 0 bridgehead atoms. The maximum atomic E-state index is 11.0. The molecule has 0 saturated heterocycles. The van der Waals surface area contributed by atoms with Gasteiger partial charge in [-0.15, -0.1) is 0 Å². The number of carbonyl (C=O) groups excluding carboxylic acids is 1. The first-order valence-corrected chi connectivity index (χ1v) is 6.63. The third-order valence-corrected chi connectivity index (χ3v) is 4.05. The molecular weight excluding hydrogens is 262 g/mol. The molecule has 0 spiro atoms. The van der Waals surface area contributed by atoms with Gasteiger partial charge >= 0.3 is 0 Å². The van der Waals surface area contributed by atoms with Crippen LogP contribution in [0.15, 0.2) is 6.07 Å². The molecule has 3 rings (SSSR count). The van der Waals surface area contributed by atoms with Gasteiger partial charge in [-0.3, -0.25) is 0 Å².